The highest BCUT2D eigenvalue weighted by molar-refractivity contribution is 7.98. The van der Waals surface area contributed by atoms with Gasteiger partial charge in [-0.05, 0) is 73.1 Å². The number of rotatable bonds is 9. The van der Waals surface area contributed by atoms with E-state index < -0.39 is 17.9 Å². The summed E-state index contributed by atoms with van der Waals surface area (Å²) in [5.41, 5.74) is 2.75. The molecule has 170 valence electrons. The van der Waals surface area contributed by atoms with Crippen LogP contribution in [0.2, 0.25) is 5.02 Å². The van der Waals surface area contributed by atoms with Crippen LogP contribution in [-0.4, -0.2) is 42.4 Å². The SMILES string of the molecule is CSCC[C@H](NC(=O)c1ccc(Cl)cc1)C(=O)OCC(=O)N[C@@H]1CCCc2ccccc21. The minimum atomic E-state index is -0.839. The summed E-state index contributed by atoms with van der Waals surface area (Å²) in [5, 5.41) is 6.19. The van der Waals surface area contributed by atoms with Crippen molar-refractivity contribution in [2.45, 2.75) is 37.8 Å². The van der Waals surface area contributed by atoms with Gasteiger partial charge >= 0.3 is 5.97 Å². The quantitative estimate of drug-likeness (QED) is 0.538. The molecule has 0 aliphatic heterocycles. The second kappa shape index (κ2) is 11.9. The predicted octanol–water partition coefficient (Wildman–Crippen LogP) is 3.93. The monoisotopic (exact) mass is 474 g/mol. The van der Waals surface area contributed by atoms with E-state index >= 15 is 0 Å². The Labute approximate surface area is 197 Å². The first-order valence-electron chi connectivity index (χ1n) is 10.6. The van der Waals surface area contributed by atoms with E-state index in [1.54, 1.807) is 36.0 Å². The molecule has 6 nitrogen and oxygen atoms in total. The third kappa shape index (κ3) is 6.74. The van der Waals surface area contributed by atoms with E-state index in [1.807, 2.05) is 24.5 Å². The van der Waals surface area contributed by atoms with Crippen LogP contribution in [0.5, 0.6) is 0 Å². The summed E-state index contributed by atoms with van der Waals surface area (Å²) in [4.78, 5) is 37.6. The molecule has 0 radical (unpaired) electrons. The molecule has 8 heteroatoms. The van der Waals surface area contributed by atoms with Crippen LogP contribution in [0.15, 0.2) is 48.5 Å². The van der Waals surface area contributed by atoms with Crippen LogP contribution in [0, 0.1) is 0 Å². The van der Waals surface area contributed by atoms with Gasteiger partial charge in [-0.1, -0.05) is 35.9 Å². The Kier molecular flexibility index (Phi) is 9.00. The number of halogens is 1. The number of esters is 1. The van der Waals surface area contributed by atoms with E-state index in [9.17, 15) is 14.4 Å². The number of hydrogen-bond donors (Lipinski definition) is 2. The molecule has 1 aliphatic rings. The topological polar surface area (TPSA) is 84.5 Å². The van der Waals surface area contributed by atoms with Crippen molar-refractivity contribution in [1.82, 2.24) is 10.6 Å². The first-order chi connectivity index (χ1) is 15.5. The zero-order valence-electron chi connectivity index (χ0n) is 17.9. The second-order valence-electron chi connectivity index (χ2n) is 7.63. The Bertz CT molecular complexity index is 951. The van der Waals surface area contributed by atoms with Crippen molar-refractivity contribution in [2.24, 2.45) is 0 Å². The zero-order valence-corrected chi connectivity index (χ0v) is 19.5. The predicted molar refractivity (Wildman–Crippen MR) is 127 cm³/mol. The fourth-order valence-corrected chi connectivity index (χ4v) is 4.30. The lowest BCUT2D eigenvalue weighted by molar-refractivity contribution is -0.150. The van der Waals surface area contributed by atoms with E-state index in [2.05, 4.69) is 16.7 Å². The number of fused-ring (bicyclic) bond motifs is 1. The van der Waals surface area contributed by atoms with Gasteiger partial charge in [0.05, 0.1) is 6.04 Å². The molecule has 0 fully saturated rings. The van der Waals surface area contributed by atoms with Crippen molar-refractivity contribution in [2.75, 3.05) is 18.6 Å². The molecule has 3 rings (SSSR count). The molecule has 0 heterocycles. The highest BCUT2D eigenvalue weighted by atomic mass is 35.5. The second-order valence-corrected chi connectivity index (χ2v) is 9.06. The Morgan fingerprint density at radius 1 is 1.16 bits per heavy atom. The highest BCUT2D eigenvalue weighted by Crippen LogP contribution is 2.29. The van der Waals surface area contributed by atoms with Crippen molar-refractivity contribution >= 4 is 41.1 Å². The molecule has 2 aromatic carbocycles. The summed E-state index contributed by atoms with van der Waals surface area (Å²) in [6, 6.07) is 13.5. The molecule has 1 aliphatic carbocycles. The maximum atomic E-state index is 12.6. The van der Waals surface area contributed by atoms with Crippen LogP contribution in [-0.2, 0) is 20.7 Å². The number of ether oxygens (including phenoxy) is 1. The summed E-state index contributed by atoms with van der Waals surface area (Å²) in [5.74, 6) is -0.715. The minimum absolute atomic E-state index is 0.0805. The van der Waals surface area contributed by atoms with Crippen molar-refractivity contribution in [1.29, 1.82) is 0 Å². The third-order valence-electron chi connectivity index (χ3n) is 5.36. The third-order valence-corrected chi connectivity index (χ3v) is 6.25. The molecule has 0 unspecified atom stereocenters. The number of carbonyl (C=O) groups is 3. The van der Waals surface area contributed by atoms with Gasteiger partial charge in [0.25, 0.3) is 11.8 Å². The van der Waals surface area contributed by atoms with E-state index in [4.69, 9.17) is 16.3 Å². The van der Waals surface area contributed by atoms with Gasteiger partial charge in [-0.2, -0.15) is 11.8 Å². The summed E-state index contributed by atoms with van der Waals surface area (Å²) in [7, 11) is 0. The van der Waals surface area contributed by atoms with E-state index in [-0.39, 0.29) is 18.6 Å². The summed E-state index contributed by atoms with van der Waals surface area (Å²) in [6.07, 6.45) is 5.16. The molecular formula is C24H27ClN2O4S. The standard InChI is InChI=1S/C24H27ClN2O4S/c1-32-14-13-21(27-23(29)17-9-11-18(25)12-10-17)24(30)31-15-22(28)26-20-8-4-6-16-5-2-3-7-19(16)20/h2-3,5,7,9-12,20-21H,4,6,8,13-15H2,1H3,(H,26,28)(H,27,29)/t20-,21+/m1/s1. The summed E-state index contributed by atoms with van der Waals surface area (Å²) in [6.45, 7) is -0.385. The number of aryl methyl sites for hydroxylation is 1. The molecule has 0 saturated heterocycles. The number of carbonyl (C=O) groups excluding carboxylic acids is 3. The van der Waals surface area contributed by atoms with Crippen molar-refractivity contribution in [3.8, 4) is 0 Å². The zero-order chi connectivity index (χ0) is 22.9. The number of benzene rings is 2. The average Bonchev–Trinajstić information content (AvgIpc) is 2.80. The summed E-state index contributed by atoms with van der Waals surface area (Å²) < 4.78 is 5.25. The summed E-state index contributed by atoms with van der Waals surface area (Å²) >= 11 is 7.42. The molecule has 2 amide bonds. The van der Waals surface area contributed by atoms with Gasteiger partial charge in [0.15, 0.2) is 6.61 Å². The van der Waals surface area contributed by atoms with Crippen molar-refractivity contribution in [3.05, 3.63) is 70.2 Å². The van der Waals surface area contributed by atoms with E-state index in [1.165, 1.54) is 5.56 Å². The molecule has 2 atom stereocenters. The van der Waals surface area contributed by atoms with Crippen LogP contribution >= 0.6 is 23.4 Å². The average molecular weight is 475 g/mol. The number of thioether (sulfide) groups is 1. The fraction of sp³-hybridized carbons (Fsp3) is 0.375. The lowest BCUT2D eigenvalue weighted by atomic mass is 9.88. The van der Waals surface area contributed by atoms with Crippen LogP contribution in [0.1, 0.15) is 46.8 Å². The van der Waals surface area contributed by atoms with Gasteiger partial charge in [0.1, 0.15) is 6.04 Å². The molecule has 32 heavy (non-hydrogen) atoms. The number of nitrogens with one attached hydrogen (secondary N) is 2. The largest absolute Gasteiger partial charge is 0.454 e. The van der Waals surface area contributed by atoms with Crippen LogP contribution < -0.4 is 10.6 Å². The molecule has 2 N–H and O–H groups in total. The smallest absolute Gasteiger partial charge is 0.329 e. The maximum Gasteiger partial charge on any atom is 0.329 e. The Balaban J connectivity index is 1.54. The number of amides is 2. The van der Waals surface area contributed by atoms with E-state index in [0.29, 0.717) is 22.8 Å². The molecular weight excluding hydrogens is 448 g/mol. The molecule has 0 saturated carbocycles. The highest BCUT2D eigenvalue weighted by Gasteiger charge is 2.25. The first kappa shape index (κ1) is 24.1. The van der Waals surface area contributed by atoms with Gasteiger partial charge in [-0.15, -0.1) is 0 Å². The molecule has 0 aromatic heterocycles. The van der Waals surface area contributed by atoms with E-state index in [0.717, 1.165) is 24.8 Å². The van der Waals surface area contributed by atoms with Crippen LogP contribution in [0.3, 0.4) is 0 Å². The van der Waals surface area contributed by atoms with Crippen molar-refractivity contribution < 1.29 is 19.1 Å². The normalized spacial score (nSPS) is 15.9. The molecule has 2 aromatic rings. The minimum Gasteiger partial charge on any atom is -0.454 e. The lowest BCUT2D eigenvalue weighted by Crippen LogP contribution is -2.43. The first-order valence-corrected chi connectivity index (χ1v) is 12.3. The lowest BCUT2D eigenvalue weighted by Gasteiger charge is -2.26. The maximum absolute atomic E-state index is 12.6. The molecule has 0 bridgehead atoms. The Hall–Kier alpha value is -2.51. The van der Waals surface area contributed by atoms with Gasteiger partial charge in [0.2, 0.25) is 0 Å². The Morgan fingerprint density at radius 2 is 1.91 bits per heavy atom. The van der Waals surface area contributed by atoms with Gasteiger partial charge in [0, 0.05) is 10.6 Å². The Morgan fingerprint density at radius 3 is 2.66 bits per heavy atom. The number of hydrogen-bond acceptors (Lipinski definition) is 5. The van der Waals surface area contributed by atoms with Crippen LogP contribution in [0.25, 0.3) is 0 Å². The fourth-order valence-electron chi connectivity index (χ4n) is 3.70. The van der Waals surface area contributed by atoms with Crippen LogP contribution in [0.4, 0.5) is 0 Å². The van der Waals surface area contributed by atoms with Gasteiger partial charge < -0.3 is 15.4 Å². The van der Waals surface area contributed by atoms with Crippen molar-refractivity contribution in [3.63, 3.8) is 0 Å². The van der Waals surface area contributed by atoms with Gasteiger partial charge in [-0.25, -0.2) is 4.79 Å². The van der Waals surface area contributed by atoms with Gasteiger partial charge in [-0.3, -0.25) is 9.59 Å². The molecule has 0 spiro atoms.